The van der Waals surface area contributed by atoms with Gasteiger partial charge in [-0.1, -0.05) is 44.4 Å². The zero-order valence-corrected chi connectivity index (χ0v) is 12.3. The van der Waals surface area contributed by atoms with Gasteiger partial charge in [0.2, 0.25) is 0 Å². The molecular formula is C17H28N2. The van der Waals surface area contributed by atoms with Crippen molar-refractivity contribution in [2.75, 3.05) is 18.8 Å². The molecule has 0 amide bonds. The number of hydrogen-bond donors (Lipinski definition) is 2. The summed E-state index contributed by atoms with van der Waals surface area (Å²) in [6, 6.07) is 8.20. The molecule has 1 aliphatic carbocycles. The first-order valence-electron chi connectivity index (χ1n) is 7.74. The molecule has 1 aliphatic rings. The van der Waals surface area contributed by atoms with Crippen molar-refractivity contribution >= 4 is 5.69 Å². The fraction of sp³-hybridized carbons (Fsp3) is 0.647. The summed E-state index contributed by atoms with van der Waals surface area (Å²) in [6.07, 6.45) is 9.30. The Kier molecular flexibility index (Phi) is 5.26. The Balaban J connectivity index is 1.63. The van der Waals surface area contributed by atoms with E-state index in [1.54, 1.807) is 0 Å². The topological polar surface area (TPSA) is 38.0 Å². The van der Waals surface area contributed by atoms with Crippen LogP contribution in [-0.4, -0.2) is 13.1 Å². The second kappa shape index (κ2) is 6.95. The highest BCUT2D eigenvalue weighted by Gasteiger charge is 2.25. The van der Waals surface area contributed by atoms with Gasteiger partial charge >= 0.3 is 0 Å². The molecule has 19 heavy (non-hydrogen) atoms. The maximum Gasteiger partial charge on any atom is 0.0346 e. The Labute approximate surface area is 117 Å². The second-order valence-corrected chi connectivity index (χ2v) is 6.35. The third-order valence-corrected chi connectivity index (χ3v) is 4.47. The van der Waals surface area contributed by atoms with Crippen LogP contribution in [0.5, 0.6) is 0 Å². The monoisotopic (exact) mass is 260 g/mol. The first-order valence-corrected chi connectivity index (χ1v) is 7.74. The summed E-state index contributed by atoms with van der Waals surface area (Å²) in [5, 5.41) is 3.64. The highest BCUT2D eigenvalue weighted by atomic mass is 14.9. The zero-order valence-electron chi connectivity index (χ0n) is 12.3. The Morgan fingerprint density at radius 3 is 2.63 bits per heavy atom. The summed E-state index contributed by atoms with van der Waals surface area (Å²) in [5.41, 5.74) is 8.72. The van der Waals surface area contributed by atoms with Crippen LogP contribution in [0.25, 0.3) is 0 Å². The minimum Gasteiger partial charge on any atom is -0.399 e. The van der Waals surface area contributed by atoms with Gasteiger partial charge in [-0.25, -0.2) is 0 Å². The average Bonchev–Trinajstić information content (AvgIpc) is 2.41. The molecule has 0 atom stereocenters. The molecule has 0 aliphatic heterocycles. The number of nitrogen functional groups attached to an aromatic ring is 1. The van der Waals surface area contributed by atoms with E-state index in [-0.39, 0.29) is 0 Å². The Bertz CT molecular complexity index is 381. The molecule has 1 saturated carbocycles. The number of benzene rings is 1. The normalized spacial score (nSPS) is 18.4. The molecule has 106 valence electrons. The quantitative estimate of drug-likeness (QED) is 0.603. The summed E-state index contributed by atoms with van der Waals surface area (Å²) in [5.74, 6) is 0. The van der Waals surface area contributed by atoms with Crippen LogP contribution in [0, 0.1) is 5.41 Å². The SMILES string of the molecule is CC1(CNCCCc2ccccc2N)CCCCC1. The van der Waals surface area contributed by atoms with Crippen molar-refractivity contribution in [3.8, 4) is 0 Å². The van der Waals surface area contributed by atoms with Crippen LogP contribution in [0.1, 0.15) is 51.0 Å². The Morgan fingerprint density at radius 2 is 1.89 bits per heavy atom. The van der Waals surface area contributed by atoms with Gasteiger partial charge in [-0.15, -0.1) is 0 Å². The molecule has 1 fully saturated rings. The number of nitrogens with one attached hydrogen (secondary N) is 1. The molecule has 0 bridgehead atoms. The first-order chi connectivity index (χ1) is 9.20. The lowest BCUT2D eigenvalue weighted by Crippen LogP contribution is -2.34. The highest BCUT2D eigenvalue weighted by molar-refractivity contribution is 5.46. The van der Waals surface area contributed by atoms with E-state index in [1.807, 2.05) is 12.1 Å². The summed E-state index contributed by atoms with van der Waals surface area (Å²) in [4.78, 5) is 0. The van der Waals surface area contributed by atoms with Crippen LogP contribution in [0.2, 0.25) is 0 Å². The minimum atomic E-state index is 0.546. The number of aryl methyl sites for hydroxylation is 1. The Morgan fingerprint density at radius 1 is 1.16 bits per heavy atom. The van der Waals surface area contributed by atoms with Gasteiger partial charge in [0.15, 0.2) is 0 Å². The van der Waals surface area contributed by atoms with E-state index in [0.717, 1.165) is 18.7 Å². The molecule has 0 heterocycles. The summed E-state index contributed by atoms with van der Waals surface area (Å²) in [6.45, 7) is 4.72. The van der Waals surface area contributed by atoms with Crippen LogP contribution in [-0.2, 0) is 6.42 Å². The molecule has 0 unspecified atom stereocenters. The Hall–Kier alpha value is -1.02. The van der Waals surface area contributed by atoms with E-state index in [9.17, 15) is 0 Å². The first kappa shape index (κ1) is 14.4. The number of anilines is 1. The van der Waals surface area contributed by atoms with Crippen LogP contribution in [0.4, 0.5) is 5.69 Å². The van der Waals surface area contributed by atoms with E-state index in [4.69, 9.17) is 5.73 Å². The van der Waals surface area contributed by atoms with E-state index in [1.165, 1.54) is 50.6 Å². The lowest BCUT2D eigenvalue weighted by Gasteiger charge is -2.33. The lowest BCUT2D eigenvalue weighted by atomic mass is 9.76. The van der Waals surface area contributed by atoms with Gasteiger partial charge in [-0.2, -0.15) is 0 Å². The molecule has 0 aromatic heterocycles. The third kappa shape index (κ3) is 4.54. The van der Waals surface area contributed by atoms with Gasteiger partial charge in [-0.3, -0.25) is 0 Å². The number of hydrogen-bond acceptors (Lipinski definition) is 2. The summed E-state index contributed by atoms with van der Waals surface area (Å²) in [7, 11) is 0. The molecule has 2 nitrogen and oxygen atoms in total. The van der Waals surface area contributed by atoms with Crippen molar-refractivity contribution in [1.29, 1.82) is 0 Å². The van der Waals surface area contributed by atoms with Crippen LogP contribution >= 0.6 is 0 Å². The smallest absolute Gasteiger partial charge is 0.0346 e. The number of para-hydroxylation sites is 1. The van der Waals surface area contributed by atoms with Gasteiger partial charge in [0.25, 0.3) is 0 Å². The predicted octanol–water partition coefficient (Wildman–Crippen LogP) is 3.76. The fourth-order valence-electron chi connectivity index (χ4n) is 3.14. The number of rotatable bonds is 6. The predicted molar refractivity (Wildman–Crippen MR) is 83.2 cm³/mol. The van der Waals surface area contributed by atoms with E-state index < -0.39 is 0 Å². The zero-order chi connectivity index (χ0) is 13.6. The molecule has 0 radical (unpaired) electrons. The van der Waals surface area contributed by atoms with Crippen molar-refractivity contribution in [2.24, 2.45) is 5.41 Å². The maximum atomic E-state index is 5.95. The van der Waals surface area contributed by atoms with E-state index in [0.29, 0.717) is 5.41 Å². The molecule has 0 saturated heterocycles. The van der Waals surface area contributed by atoms with Gasteiger partial charge in [-0.05, 0) is 49.3 Å². The van der Waals surface area contributed by atoms with Crippen LogP contribution in [0.15, 0.2) is 24.3 Å². The fourth-order valence-corrected chi connectivity index (χ4v) is 3.14. The van der Waals surface area contributed by atoms with Crippen molar-refractivity contribution in [2.45, 2.75) is 51.9 Å². The molecule has 1 aromatic carbocycles. The van der Waals surface area contributed by atoms with Gasteiger partial charge in [0.05, 0.1) is 0 Å². The van der Waals surface area contributed by atoms with Crippen molar-refractivity contribution < 1.29 is 0 Å². The van der Waals surface area contributed by atoms with Crippen molar-refractivity contribution in [3.05, 3.63) is 29.8 Å². The van der Waals surface area contributed by atoms with E-state index >= 15 is 0 Å². The molecular weight excluding hydrogens is 232 g/mol. The minimum absolute atomic E-state index is 0.546. The van der Waals surface area contributed by atoms with Crippen molar-refractivity contribution in [3.63, 3.8) is 0 Å². The molecule has 2 rings (SSSR count). The largest absolute Gasteiger partial charge is 0.399 e. The lowest BCUT2D eigenvalue weighted by molar-refractivity contribution is 0.208. The second-order valence-electron chi connectivity index (χ2n) is 6.35. The van der Waals surface area contributed by atoms with Gasteiger partial charge in [0.1, 0.15) is 0 Å². The standard InChI is InChI=1S/C17H28N2/c1-17(11-5-2-6-12-17)14-19-13-7-9-15-8-3-4-10-16(15)18/h3-4,8,10,19H,2,5-7,9,11-14,18H2,1H3. The summed E-state index contributed by atoms with van der Waals surface area (Å²) < 4.78 is 0. The van der Waals surface area contributed by atoms with Gasteiger partial charge < -0.3 is 11.1 Å². The highest BCUT2D eigenvalue weighted by Crippen LogP contribution is 2.34. The molecule has 3 N–H and O–H groups in total. The average molecular weight is 260 g/mol. The van der Waals surface area contributed by atoms with Crippen molar-refractivity contribution in [1.82, 2.24) is 5.32 Å². The van der Waals surface area contributed by atoms with Crippen LogP contribution < -0.4 is 11.1 Å². The third-order valence-electron chi connectivity index (χ3n) is 4.47. The molecule has 0 spiro atoms. The van der Waals surface area contributed by atoms with E-state index in [2.05, 4.69) is 24.4 Å². The molecule has 2 heteroatoms. The summed E-state index contributed by atoms with van der Waals surface area (Å²) >= 11 is 0. The number of nitrogens with two attached hydrogens (primary N) is 1. The van der Waals surface area contributed by atoms with Gasteiger partial charge in [0, 0.05) is 12.2 Å². The maximum absolute atomic E-state index is 5.95. The van der Waals surface area contributed by atoms with Crippen LogP contribution in [0.3, 0.4) is 0 Å². The molecule has 1 aromatic rings.